The molecule has 6 N–H and O–H groups in total. The largest absolute Gasteiger partial charge is 0.508 e. The molecular weight excluding hydrogens is 1910 g/mol. The maximum atomic E-state index is 11.8. The lowest BCUT2D eigenvalue weighted by Crippen LogP contribution is -2.41. The van der Waals surface area contributed by atoms with E-state index in [2.05, 4.69) is 91.8 Å². The first-order chi connectivity index (χ1) is 57.8. The van der Waals surface area contributed by atoms with Gasteiger partial charge < -0.3 is 82.2 Å². The lowest BCUT2D eigenvalue weighted by Gasteiger charge is -2.32. The summed E-state index contributed by atoms with van der Waals surface area (Å²) in [5.74, 6) is -2.99. The minimum atomic E-state index is -1.31. The van der Waals surface area contributed by atoms with Crippen molar-refractivity contribution in [2.24, 2.45) is 0 Å². The molecule has 32 heteroatoms. The highest BCUT2D eigenvalue weighted by molar-refractivity contribution is 9.11. The van der Waals surface area contributed by atoms with Gasteiger partial charge >= 0.3 is 57.0 Å². The zero-order valence-corrected chi connectivity index (χ0v) is 79.1. The number of hydrogen-bond donors (Lipinski definition) is 6. The van der Waals surface area contributed by atoms with E-state index in [0.717, 1.165) is 63.9 Å². The molecule has 11 rings (SSSR count). The number of carbonyl (C=O) groups is 7. The van der Waals surface area contributed by atoms with Gasteiger partial charge in [-0.3, -0.25) is 14.4 Å². The topological polar surface area (TPSA) is 342 Å². The molecule has 3 saturated heterocycles. The van der Waals surface area contributed by atoms with Gasteiger partial charge in [-0.25, -0.2) is 19.2 Å². The van der Waals surface area contributed by atoms with Gasteiger partial charge in [0.2, 0.25) is 0 Å². The number of aromatic hydroxyl groups is 3. The summed E-state index contributed by atoms with van der Waals surface area (Å²) < 4.78 is 65.7. The van der Waals surface area contributed by atoms with Gasteiger partial charge in [0.1, 0.15) is 48.4 Å². The number of phenols is 3. The average Bonchev–Trinajstić information content (AvgIpc) is 1.59. The van der Waals surface area contributed by atoms with Gasteiger partial charge in [0.25, 0.3) is 0 Å². The number of esters is 3. The van der Waals surface area contributed by atoms with Crippen LogP contribution >= 0.6 is 79.6 Å². The second-order valence-electron chi connectivity index (χ2n) is 29.6. The lowest BCUT2D eigenvalue weighted by molar-refractivity contribution is -0.147. The zero-order valence-electron chi connectivity index (χ0n) is 71.1. The standard InChI is InChI=1S/C24H29BO5.C18H17BrO3.C12H24B2O4.C11H11BrO3.C9H7BrO3.C7H5BrO2.C7H7Br.C3H4O4/c1-6-27-22(26)15-12-19-16-20(28-17-18-10-8-7-9-11-18)13-14-21(19)25-29-23(2,3)24(4,5)30-25;1-2-21-18(20)11-8-15-12-16(9-10-17(15)19)22-13-14-6-4-3-5-7-14;1-9(2)10(3,4)16-13(15-9)14-17-11(5,6)12(7,8)18-14;1-2-15-11(14)6-3-8-7-9(13)4-5-10(8)12;10-8-3-2-7(11)5-6(8)1-4-9(12)13;8-7-2-1-6(10)3-5(7)4-9;8-6-7-4-2-1-3-5-7;4-2(5)1-3(6)7/h7-16H,6,17H2,1-5H3;3-12H,2,13H2,1H3;1-8H3;3-7,13H,2H2,1H3;1-5,11H,(H,12,13);1-4,10H;1-5H,6H2;1H2,(H,4,5)(H,6,7)/b15-12+;11-8+;;6-3+;4-1+;;;. The van der Waals surface area contributed by atoms with E-state index in [1.54, 1.807) is 69.3 Å². The van der Waals surface area contributed by atoms with Crippen LogP contribution in [0.4, 0.5) is 0 Å². The zero-order chi connectivity index (χ0) is 91.9. The summed E-state index contributed by atoms with van der Waals surface area (Å²) in [4.78, 5) is 73.5. The number of carboxylic acids is 3. The number of benzene rings is 8. The maximum absolute atomic E-state index is 11.8. The number of halogens is 5. The third kappa shape index (κ3) is 37.5. The molecule has 0 aliphatic carbocycles. The van der Waals surface area contributed by atoms with Crippen LogP contribution in [0, 0.1) is 0 Å². The molecule has 3 aliphatic heterocycles. The molecule has 3 aliphatic rings. The fourth-order valence-electron chi connectivity index (χ4n) is 10.0. The predicted molar refractivity (Wildman–Crippen MR) is 495 cm³/mol. The molecule has 0 amide bonds. The number of aliphatic carboxylic acids is 3. The predicted octanol–water partition coefficient (Wildman–Crippen LogP) is 20.1. The molecule has 24 nitrogen and oxygen atoms in total. The molecular formula is C91H104B3Br5O24. The number of carboxylic acid groups (broad SMARTS) is 3. The van der Waals surface area contributed by atoms with Gasteiger partial charge in [-0.2, -0.15) is 0 Å². The Labute approximate surface area is 762 Å². The van der Waals surface area contributed by atoms with Crippen molar-refractivity contribution in [1.82, 2.24) is 0 Å². The molecule has 123 heavy (non-hydrogen) atoms. The summed E-state index contributed by atoms with van der Waals surface area (Å²) in [6, 6.07) is 55.6. The van der Waals surface area contributed by atoms with Crippen LogP contribution in [0.1, 0.15) is 160 Å². The number of hydrogen-bond acceptors (Lipinski definition) is 21. The third-order valence-electron chi connectivity index (χ3n) is 18.6. The summed E-state index contributed by atoms with van der Waals surface area (Å²) in [6.07, 6.45) is 11.4. The van der Waals surface area contributed by atoms with Crippen LogP contribution in [0.3, 0.4) is 0 Å². The minimum absolute atomic E-state index is 0.102. The molecule has 8 aromatic carbocycles. The van der Waals surface area contributed by atoms with Gasteiger partial charge in [0, 0.05) is 53.1 Å². The van der Waals surface area contributed by atoms with E-state index < -0.39 is 68.6 Å². The average molecular weight is 2010 g/mol. The molecule has 0 spiro atoms. The van der Waals surface area contributed by atoms with Crippen LogP contribution in [0.5, 0.6) is 28.7 Å². The summed E-state index contributed by atoms with van der Waals surface area (Å²) in [6.45, 7) is 31.6. The number of alkyl halides is 1. The molecule has 8 aromatic rings. The Balaban J connectivity index is 0.000000307. The van der Waals surface area contributed by atoms with Crippen molar-refractivity contribution < 1.29 is 116 Å². The first-order valence-electron chi connectivity index (χ1n) is 38.5. The third-order valence-corrected chi connectivity index (χ3v) is 22.2. The van der Waals surface area contributed by atoms with E-state index in [4.69, 9.17) is 77.1 Å². The van der Waals surface area contributed by atoms with Gasteiger partial charge in [-0.05, 0) is 257 Å². The van der Waals surface area contributed by atoms with Crippen molar-refractivity contribution in [2.75, 3.05) is 19.8 Å². The highest BCUT2D eigenvalue weighted by Crippen LogP contribution is 2.44. The van der Waals surface area contributed by atoms with Crippen molar-refractivity contribution >= 4 is 173 Å². The SMILES string of the molecule is BrCc1ccccc1.CC1(C)OB(B2OC(C)(C)C(C)(C)O2)OC1(C)C.CCOC(=O)/C=C/c1cc(O)ccc1Br.CCOC(=O)/C=C/c1cc(OCc2ccccc2)ccc1B1OC(C)(C)C(C)(C)O1.CCOC(=O)/C=C/c1cc(OCc2ccccc2)ccc1Br.O=C(O)/C=C/c1cc(O)ccc1Br.O=C(O)CC(=O)O.O=Cc1cc(O)ccc1Br. The highest BCUT2D eigenvalue weighted by Gasteiger charge is 2.64. The Morgan fingerprint density at radius 1 is 0.374 bits per heavy atom. The van der Waals surface area contributed by atoms with Crippen molar-refractivity contribution in [1.29, 1.82) is 0 Å². The molecule has 656 valence electrons. The Hall–Kier alpha value is -9.44. The fraction of sp³-hybridized carbons (Fsp3) is 0.308. The van der Waals surface area contributed by atoms with Crippen molar-refractivity contribution in [3.63, 3.8) is 0 Å². The van der Waals surface area contributed by atoms with E-state index in [1.807, 2.05) is 198 Å². The Morgan fingerprint density at radius 2 is 0.667 bits per heavy atom. The van der Waals surface area contributed by atoms with E-state index in [1.165, 1.54) is 54.1 Å². The molecule has 0 bridgehead atoms. The molecule has 3 heterocycles. The van der Waals surface area contributed by atoms with Crippen LogP contribution in [0.25, 0.3) is 24.3 Å². The quantitative estimate of drug-likeness (QED) is 0.00659. The molecule has 0 unspecified atom stereocenters. The molecule has 0 atom stereocenters. The summed E-state index contributed by atoms with van der Waals surface area (Å²) in [5, 5.41) is 52.0. The Kier molecular flexibility index (Phi) is 44.5. The second-order valence-corrected chi connectivity index (χ2v) is 33.6. The Morgan fingerprint density at radius 3 is 0.976 bits per heavy atom. The monoisotopic (exact) mass is 2010 g/mol. The van der Waals surface area contributed by atoms with Gasteiger partial charge in [0.15, 0.2) is 6.29 Å². The van der Waals surface area contributed by atoms with Gasteiger partial charge in [-0.15, -0.1) is 0 Å². The normalized spacial score (nSPS) is 15.0. The molecule has 0 aromatic heterocycles. The number of rotatable bonds is 23. The van der Waals surface area contributed by atoms with Crippen LogP contribution < -0.4 is 14.9 Å². The fourth-order valence-corrected chi connectivity index (χ4v) is 11.9. The molecule has 0 radical (unpaired) electrons. The number of carbonyl (C=O) groups excluding carboxylic acids is 4. The first kappa shape index (κ1) is 106. The van der Waals surface area contributed by atoms with E-state index in [9.17, 15) is 38.7 Å². The van der Waals surface area contributed by atoms with Gasteiger partial charge in [-0.1, -0.05) is 177 Å². The van der Waals surface area contributed by atoms with E-state index >= 15 is 0 Å². The maximum Gasteiger partial charge on any atom is 0.495 e. The van der Waals surface area contributed by atoms with Crippen LogP contribution in [0.15, 0.2) is 224 Å². The van der Waals surface area contributed by atoms with Crippen LogP contribution in [-0.2, 0) is 89.4 Å². The Bertz CT molecular complexity index is 4780. The van der Waals surface area contributed by atoms with Gasteiger partial charge in [0.05, 0.1) is 53.4 Å². The first-order valence-corrected chi connectivity index (χ1v) is 42.8. The number of ether oxygens (including phenoxy) is 5. The van der Waals surface area contributed by atoms with Crippen molar-refractivity contribution in [3.8, 4) is 28.7 Å². The van der Waals surface area contributed by atoms with Crippen molar-refractivity contribution in [3.05, 3.63) is 269 Å². The summed E-state index contributed by atoms with van der Waals surface area (Å²) in [5.41, 5.74) is 5.45. The second kappa shape index (κ2) is 51.7. The molecule has 3 fully saturated rings. The van der Waals surface area contributed by atoms with Crippen molar-refractivity contribution in [2.45, 2.75) is 162 Å². The highest BCUT2D eigenvalue weighted by atomic mass is 79.9. The lowest BCUT2D eigenvalue weighted by atomic mass is 9.49. The van der Waals surface area contributed by atoms with Crippen LogP contribution in [-0.4, -0.2) is 147 Å². The van der Waals surface area contributed by atoms with E-state index in [-0.39, 0.29) is 45.6 Å². The minimum Gasteiger partial charge on any atom is -0.508 e. The number of phenolic OH excluding ortho intramolecular Hbond substituents is 3. The smallest absolute Gasteiger partial charge is 0.495 e. The molecule has 0 saturated carbocycles. The van der Waals surface area contributed by atoms with Crippen LogP contribution in [0.2, 0.25) is 0 Å². The van der Waals surface area contributed by atoms with E-state index in [0.29, 0.717) is 60.7 Å². The summed E-state index contributed by atoms with van der Waals surface area (Å²) >= 11 is 16.5. The summed E-state index contributed by atoms with van der Waals surface area (Å²) in [7, 11) is -1.49. The number of aldehydes is 1.